The van der Waals surface area contributed by atoms with Gasteiger partial charge in [0, 0.05) is 12.2 Å². The molecule has 2 N–H and O–H groups in total. The van der Waals surface area contributed by atoms with Crippen molar-refractivity contribution in [3.63, 3.8) is 0 Å². The molecule has 0 spiro atoms. The Morgan fingerprint density at radius 3 is 2.70 bits per heavy atom. The highest BCUT2D eigenvalue weighted by Crippen LogP contribution is 2.21. The fraction of sp³-hybridized carbons (Fsp3) is 0.385. The molecular formula is C13H17N7. The van der Waals surface area contributed by atoms with Crippen molar-refractivity contribution in [3.05, 3.63) is 23.3 Å². The fourth-order valence-electron chi connectivity index (χ4n) is 2.14. The van der Waals surface area contributed by atoms with Crippen molar-refractivity contribution in [2.75, 3.05) is 11.9 Å². The van der Waals surface area contributed by atoms with Crippen molar-refractivity contribution >= 4 is 17.1 Å². The summed E-state index contributed by atoms with van der Waals surface area (Å²) in [7, 11) is 0. The number of rotatable bonds is 3. The Hall–Kier alpha value is -2.44. The highest BCUT2D eigenvalue weighted by molar-refractivity contribution is 5.79. The second kappa shape index (κ2) is 4.59. The Balaban J connectivity index is 2.28. The molecule has 0 bridgehead atoms. The first-order valence-electron chi connectivity index (χ1n) is 6.60. The van der Waals surface area contributed by atoms with Crippen LogP contribution in [0, 0.1) is 20.8 Å². The molecule has 0 amide bonds. The minimum absolute atomic E-state index is 0.562. The first-order valence-corrected chi connectivity index (χ1v) is 6.60. The first kappa shape index (κ1) is 12.6. The Morgan fingerprint density at radius 1 is 1.25 bits per heavy atom. The van der Waals surface area contributed by atoms with Crippen molar-refractivity contribution in [2.45, 2.75) is 27.7 Å². The minimum Gasteiger partial charge on any atom is -0.354 e. The van der Waals surface area contributed by atoms with Gasteiger partial charge in [-0.3, -0.25) is 0 Å². The molecule has 0 unspecified atom stereocenters. The smallest absolute Gasteiger partial charge is 0.226 e. The molecule has 0 aliphatic carbocycles. The van der Waals surface area contributed by atoms with E-state index in [4.69, 9.17) is 0 Å². The number of nitrogens with one attached hydrogen (secondary N) is 2. The van der Waals surface area contributed by atoms with E-state index in [0.717, 1.165) is 29.3 Å². The maximum Gasteiger partial charge on any atom is 0.226 e. The Morgan fingerprint density at radius 2 is 2.05 bits per heavy atom. The summed E-state index contributed by atoms with van der Waals surface area (Å²) < 4.78 is 1.84. The molecule has 0 radical (unpaired) electrons. The molecule has 3 heterocycles. The van der Waals surface area contributed by atoms with E-state index in [2.05, 4.69) is 37.3 Å². The molecule has 7 heteroatoms. The number of aromatic nitrogens is 6. The van der Waals surface area contributed by atoms with Crippen molar-refractivity contribution in [2.24, 2.45) is 0 Å². The van der Waals surface area contributed by atoms with Gasteiger partial charge in [-0.25, -0.2) is 9.67 Å². The van der Waals surface area contributed by atoms with E-state index in [-0.39, 0.29) is 0 Å². The van der Waals surface area contributed by atoms with Gasteiger partial charge in [-0.15, -0.1) is 0 Å². The predicted octanol–water partition coefficient (Wildman–Crippen LogP) is 1.90. The van der Waals surface area contributed by atoms with Gasteiger partial charge in [0.25, 0.3) is 0 Å². The van der Waals surface area contributed by atoms with Gasteiger partial charge >= 0.3 is 0 Å². The number of nitrogens with zero attached hydrogens (tertiary/aromatic N) is 5. The molecule has 20 heavy (non-hydrogen) atoms. The van der Waals surface area contributed by atoms with Gasteiger partial charge in [0.05, 0.1) is 12.0 Å². The van der Waals surface area contributed by atoms with E-state index in [1.165, 1.54) is 5.56 Å². The van der Waals surface area contributed by atoms with Crippen LogP contribution in [0.4, 0.5) is 5.95 Å². The summed E-state index contributed by atoms with van der Waals surface area (Å²) >= 11 is 0. The zero-order valence-electron chi connectivity index (χ0n) is 12.0. The molecule has 104 valence electrons. The SMILES string of the molecule is CCNc1nc(-n2nc(C)c(C)c2C)c2[nH]cnc2n1. The molecule has 0 aromatic carbocycles. The van der Waals surface area contributed by atoms with E-state index < -0.39 is 0 Å². The maximum absolute atomic E-state index is 4.56. The Kier molecular flexibility index (Phi) is 2.89. The van der Waals surface area contributed by atoms with Gasteiger partial charge in [0.1, 0.15) is 5.52 Å². The van der Waals surface area contributed by atoms with Gasteiger partial charge in [-0.1, -0.05) is 0 Å². The van der Waals surface area contributed by atoms with Crippen LogP contribution in [0.5, 0.6) is 0 Å². The second-order valence-corrected chi connectivity index (χ2v) is 4.71. The largest absolute Gasteiger partial charge is 0.354 e. The molecule has 7 nitrogen and oxygen atoms in total. The zero-order valence-corrected chi connectivity index (χ0v) is 12.0. The van der Waals surface area contributed by atoms with Crippen LogP contribution in [0.1, 0.15) is 23.9 Å². The summed E-state index contributed by atoms with van der Waals surface area (Å²) in [5.41, 5.74) is 4.66. The summed E-state index contributed by atoms with van der Waals surface area (Å²) in [4.78, 5) is 16.2. The lowest BCUT2D eigenvalue weighted by molar-refractivity contribution is 0.808. The molecule has 3 aromatic heterocycles. The maximum atomic E-state index is 4.56. The molecule has 3 rings (SSSR count). The van der Waals surface area contributed by atoms with Crippen LogP contribution in [-0.4, -0.2) is 36.3 Å². The van der Waals surface area contributed by atoms with Gasteiger partial charge < -0.3 is 10.3 Å². The van der Waals surface area contributed by atoms with Crippen LogP contribution in [0.3, 0.4) is 0 Å². The Bertz CT molecular complexity index is 768. The number of fused-ring (bicyclic) bond motifs is 1. The lowest BCUT2D eigenvalue weighted by atomic mass is 10.2. The number of aryl methyl sites for hydroxylation is 1. The average Bonchev–Trinajstić information content (AvgIpc) is 2.99. The number of anilines is 1. The monoisotopic (exact) mass is 271 g/mol. The number of imidazole rings is 1. The normalized spacial score (nSPS) is 11.2. The van der Waals surface area contributed by atoms with Crippen molar-refractivity contribution < 1.29 is 0 Å². The topological polar surface area (TPSA) is 84.3 Å². The molecule has 0 fully saturated rings. The molecule has 0 saturated heterocycles. The number of H-pyrrole nitrogens is 1. The fourth-order valence-corrected chi connectivity index (χ4v) is 2.14. The van der Waals surface area contributed by atoms with Crippen LogP contribution < -0.4 is 5.32 Å². The minimum atomic E-state index is 0.562. The Labute approximate surface area is 116 Å². The lowest BCUT2D eigenvalue weighted by Crippen LogP contribution is -2.09. The van der Waals surface area contributed by atoms with Crippen LogP contribution in [-0.2, 0) is 0 Å². The van der Waals surface area contributed by atoms with Gasteiger partial charge in [-0.2, -0.15) is 15.1 Å². The van der Waals surface area contributed by atoms with Crippen molar-refractivity contribution in [1.82, 2.24) is 29.7 Å². The van der Waals surface area contributed by atoms with E-state index in [1.54, 1.807) is 6.33 Å². The third kappa shape index (κ3) is 1.82. The van der Waals surface area contributed by atoms with Gasteiger partial charge in [-0.05, 0) is 33.3 Å². The van der Waals surface area contributed by atoms with E-state index in [0.29, 0.717) is 11.6 Å². The predicted molar refractivity (Wildman–Crippen MR) is 77.2 cm³/mol. The van der Waals surface area contributed by atoms with E-state index >= 15 is 0 Å². The molecule has 0 aliphatic rings. The standard InChI is InChI=1S/C13H17N7/c1-5-14-13-17-11-10(15-6-16-11)12(18-13)20-9(4)7(2)8(3)19-20/h6H,5H2,1-4H3,(H2,14,15,16,17,18). The van der Waals surface area contributed by atoms with Gasteiger partial charge in [0.2, 0.25) is 5.95 Å². The zero-order chi connectivity index (χ0) is 14.3. The third-order valence-corrected chi connectivity index (χ3v) is 3.46. The summed E-state index contributed by atoms with van der Waals surface area (Å²) in [5, 5.41) is 7.69. The number of hydrogen-bond donors (Lipinski definition) is 2. The van der Waals surface area contributed by atoms with Crippen molar-refractivity contribution in [1.29, 1.82) is 0 Å². The summed E-state index contributed by atoms with van der Waals surface area (Å²) in [6.45, 7) is 8.85. The molecule has 0 saturated carbocycles. The highest BCUT2D eigenvalue weighted by Gasteiger charge is 2.16. The van der Waals surface area contributed by atoms with E-state index in [9.17, 15) is 0 Å². The molecular weight excluding hydrogens is 254 g/mol. The van der Waals surface area contributed by atoms with Crippen molar-refractivity contribution in [3.8, 4) is 5.82 Å². The van der Waals surface area contributed by atoms with Crippen LogP contribution >= 0.6 is 0 Å². The van der Waals surface area contributed by atoms with Gasteiger partial charge in [0.15, 0.2) is 11.5 Å². The molecule has 0 atom stereocenters. The van der Waals surface area contributed by atoms with Crippen LogP contribution in [0.15, 0.2) is 6.33 Å². The van der Waals surface area contributed by atoms with Crippen LogP contribution in [0.2, 0.25) is 0 Å². The number of hydrogen-bond acceptors (Lipinski definition) is 5. The van der Waals surface area contributed by atoms with E-state index in [1.807, 2.05) is 25.5 Å². The quantitative estimate of drug-likeness (QED) is 0.760. The summed E-state index contributed by atoms with van der Waals surface area (Å²) in [6.07, 6.45) is 1.62. The third-order valence-electron chi connectivity index (χ3n) is 3.46. The average molecular weight is 271 g/mol. The summed E-state index contributed by atoms with van der Waals surface area (Å²) in [5.74, 6) is 1.28. The summed E-state index contributed by atoms with van der Waals surface area (Å²) in [6, 6.07) is 0. The lowest BCUT2D eigenvalue weighted by Gasteiger charge is -2.07. The number of aromatic amines is 1. The van der Waals surface area contributed by atoms with Crippen LogP contribution in [0.25, 0.3) is 17.0 Å². The molecule has 3 aromatic rings. The second-order valence-electron chi connectivity index (χ2n) is 4.71. The first-order chi connectivity index (χ1) is 9.61. The molecule has 0 aliphatic heterocycles. The highest BCUT2D eigenvalue weighted by atomic mass is 15.3.